The normalized spacial score (nSPS) is 10.5. The molecule has 0 heterocycles. The third-order valence-corrected chi connectivity index (χ3v) is 4.10. The molecular formula is C20H25FN2O. The molecule has 0 fully saturated rings. The SMILES string of the molecule is CCc1cccc(CC)c1NCC(=O)NCCc1ccccc1F. The van der Waals surface area contributed by atoms with Crippen molar-refractivity contribution in [3.05, 3.63) is 65.0 Å². The number of carbonyl (C=O) groups excluding carboxylic acids is 1. The van der Waals surface area contributed by atoms with Crippen LogP contribution in [-0.4, -0.2) is 19.0 Å². The van der Waals surface area contributed by atoms with Gasteiger partial charge in [0.15, 0.2) is 0 Å². The zero-order valence-corrected chi connectivity index (χ0v) is 14.4. The number of hydrogen-bond donors (Lipinski definition) is 2. The molecule has 0 atom stereocenters. The minimum atomic E-state index is -0.227. The van der Waals surface area contributed by atoms with E-state index in [9.17, 15) is 9.18 Å². The fraction of sp³-hybridized carbons (Fsp3) is 0.350. The smallest absolute Gasteiger partial charge is 0.239 e. The first kappa shape index (κ1) is 18.0. The average molecular weight is 328 g/mol. The molecule has 0 aromatic heterocycles. The van der Waals surface area contributed by atoms with Crippen LogP contribution in [0.3, 0.4) is 0 Å². The second-order valence-corrected chi connectivity index (χ2v) is 5.70. The average Bonchev–Trinajstić information content (AvgIpc) is 2.61. The van der Waals surface area contributed by atoms with Crippen LogP contribution in [0, 0.1) is 5.82 Å². The Morgan fingerprint density at radius 3 is 2.21 bits per heavy atom. The van der Waals surface area contributed by atoms with Gasteiger partial charge in [0.25, 0.3) is 0 Å². The van der Waals surface area contributed by atoms with Crippen LogP contribution in [0.5, 0.6) is 0 Å². The van der Waals surface area contributed by atoms with E-state index in [2.05, 4.69) is 42.7 Å². The molecule has 2 aromatic rings. The second-order valence-electron chi connectivity index (χ2n) is 5.70. The molecule has 1 amide bonds. The predicted molar refractivity (Wildman–Crippen MR) is 96.8 cm³/mol. The van der Waals surface area contributed by atoms with E-state index in [0.29, 0.717) is 18.5 Å². The number of halogens is 1. The predicted octanol–water partition coefficient (Wildman–Crippen LogP) is 3.72. The van der Waals surface area contributed by atoms with Crippen molar-refractivity contribution in [2.24, 2.45) is 0 Å². The molecule has 128 valence electrons. The maximum absolute atomic E-state index is 13.5. The molecule has 0 aliphatic rings. The summed E-state index contributed by atoms with van der Waals surface area (Å²) in [5, 5.41) is 6.09. The fourth-order valence-electron chi connectivity index (χ4n) is 2.74. The lowest BCUT2D eigenvalue weighted by Gasteiger charge is -2.15. The maximum atomic E-state index is 13.5. The van der Waals surface area contributed by atoms with Crippen LogP contribution < -0.4 is 10.6 Å². The summed E-state index contributed by atoms with van der Waals surface area (Å²) in [6.07, 6.45) is 2.33. The van der Waals surface area contributed by atoms with E-state index >= 15 is 0 Å². The van der Waals surface area contributed by atoms with E-state index < -0.39 is 0 Å². The Morgan fingerprint density at radius 2 is 1.58 bits per heavy atom. The molecule has 24 heavy (non-hydrogen) atoms. The molecule has 2 aromatic carbocycles. The summed E-state index contributed by atoms with van der Waals surface area (Å²) >= 11 is 0. The third kappa shape index (κ3) is 4.82. The highest BCUT2D eigenvalue weighted by Crippen LogP contribution is 2.22. The topological polar surface area (TPSA) is 41.1 Å². The molecule has 0 unspecified atom stereocenters. The van der Waals surface area contributed by atoms with Gasteiger partial charge in [-0.05, 0) is 42.0 Å². The fourth-order valence-corrected chi connectivity index (χ4v) is 2.74. The van der Waals surface area contributed by atoms with Gasteiger partial charge >= 0.3 is 0 Å². The first-order chi connectivity index (χ1) is 11.7. The minimum Gasteiger partial charge on any atom is -0.376 e. The quantitative estimate of drug-likeness (QED) is 0.775. The molecule has 0 bridgehead atoms. The van der Waals surface area contributed by atoms with Crippen molar-refractivity contribution in [3.63, 3.8) is 0 Å². The summed E-state index contributed by atoms with van der Waals surface area (Å²) in [6.45, 7) is 4.86. The van der Waals surface area contributed by atoms with Gasteiger partial charge in [-0.3, -0.25) is 4.79 Å². The van der Waals surface area contributed by atoms with Crippen LogP contribution in [0.25, 0.3) is 0 Å². The molecule has 0 aliphatic carbocycles. The Morgan fingerprint density at radius 1 is 0.958 bits per heavy atom. The first-order valence-electron chi connectivity index (χ1n) is 8.50. The molecular weight excluding hydrogens is 303 g/mol. The molecule has 0 aliphatic heterocycles. The molecule has 0 saturated carbocycles. The van der Waals surface area contributed by atoms with Gasteiger partial charge in [0.1, 0.15) is 5.82 Å². The Kier molecular flexibility index (Phi) is 6.79. The van der Waals surface area contributed by atoms with E-state index in [-0.39, 0.29) is 18.3 Å². The van der Waals surface area contributed by atoms with Crippen LogP contribution in [0.1, 0.15) is 30.5 Å². The maximum Gasteiger partial charge on any atom is 0.239 e. The van der Waals surface area contributed by atoms with Crippen LogP contribution >= 0.6 is 0 Å². The van der Waals surface area contributed by atoms with Gasteiger partial charge in [0.05, 0.1) is 6.54 Å². The molecule has 3 nitrogen and oxygen atoms in total. The summed E-state index contributed by atoms with van der Waals surface area (Å²) in [6, 6.07) is 12.9. The van der Waals surface area contributed by atoms with Gasteiger partial charge in [-0.2, -0.15) is 0 Å². The molecule has 2 rings (SSSR count). The number of anilines is 1. The van der Waals surface area contributed by atoms with Crippen molar-refractivity contribution in [2.75, 3.05) is 18.4 Å². The van der Waals surface area contributed by atoms with E-state index in [1.807, 2.05) is 0 Å². The number of carbonyl (C=O) groups is 1. The number of benzene rings is 2. The lowest BCUT2D eigenvalue weighted by Crippen LogP contribution is -2.31. The Labute approximate surface area is 143 Å². The zero-order chi connectivity index (χ0) is 17.4. The first-order valence-corrected chi connectivity index (χ1v) is 8.50. The van der Waals surface area contributed by atoms with Crippen LogP contribution in [0.15, 0.2) is 42.5 Å². The summed E-state index contributed by atoms with van der Waals surface area (Å²) < 4.78 is 13.5. The number of nitrogens with one attached hydrogen (secondary N) is 2. The molecule has 0 radical (unpaired) electrons. The van der Waals surface area contributed by atoms with Gasteiger partial charge in [-0.25, -0.2) is 4.39 Å². The Balaban J connectivity index is 1.85. The Bertz CT molecular complexity index is 663. The summed E-state index contributed by atoms with van der Waals surface area (Å²) in [4.78, 5) is 12.0. The molecule has 2 N–H and O–H groups in total. The number of rotatable bonds is 8. The zero-order valence-electron chi connectivity index (χ0n) is 14.4. The van der Waals surface area contributed by atoms with E-state index in [4.69, 9.17) is 0 Å². The monoisotopic (exact) mass is 328 g/mol. The van der Waals surface area contributed by atoms with Gasteiger partial charge in [-0.1, -0.05) is 50.2 Å². The van der Waals surface area contributed by atoms with E-state index in [0.717, 1.165) is 18.5 Å². The van der Waals surface area contributed by atoms with Crippen LogP contribution in [-0.2, 0) is 24.1 Å². The molecule has 4 heteroatoms. The number of hydrogen-bond acceptors (Lipinski definition) is 2. The number of para-hydroxylation sites is 1. The van der Waals surface area contributed by atoms with E-state index in [1.165, 1.54) is 17.2 Å². The van der Waals surface area contributed by atoms with E-state index in [1.54, 1.807) is 18.2 Å². The summed E-state index contributed by atoms with van der Waals surface area (Å²) in [5.74, 6) is -0.311. The van der Waals surface area contributed by atoms with Crippen molar-refractivity contribution in [1.82, 2.24) is 5.32 Å². The molecule has 0 saturated heterocycles. The lowest BCUT2D eigenvalue weighted by atomic mass is 10.0. The van der Waals surface area contributed by atoms with Gasteiger partial charge in [0.2, 0.25) is 5.91 Å². The van der Waals surface area contributed by atoms with Crippen LogP contribution in [0.2, 0.25) is 0 Å². The van der Waals surface area contributed by atoms with Crippen molar-refractivity contribution in [1.29, 1.82) is 0 Å². The number of aryl methyl sites for hydroxylation is 2. The van der Waals surface area contributed by atoms with Crippen LogP contribution in [0.4, 0.5) is 10.1 Å². The van der Waals surface area contributed by atoms with Crippen molar-refractivity contribution >= 4 is 11.6 Å². The van der Waals surface area contributed by atoms with Crippen molar-refractivity contribution in [2.45, 2.75) is 33.1 Å². The third-order valence-electron chi connectivity index (χ3n) is 4.10. The van der Waals surface area contributed by atoms with Gasteiger partial charge in [0, 0.05) is 12.2 Å². The highest BCUT2D eigenvalue weighted by Gasteiger charge is 2.08. The number of amides is 1. The summed E-state index contributed by atoms with van der Waals surface area (Å²) in [7, 11) is 0. The lowest BCUT2D eigenvalue weighted by molar-refractivity contribution is -0.119. The summed E-state index contributed by atoms with van der Waals surface area (Å²) in [5.41, 5.74) is 4.11. The van der Waals surface area contributed by atoms with Crippen molar-refractivity contribution < 1.29 is 9.18 Å². The largest absolute Gasteiger partial charge is 0.376 e. The van der Waals surface area contributed by atoms with Gasteiger partial charge in [-0.15, -0.1) is 0 Å². The van der Waals surface area contributed by atoms with Crippen molar-refractivity contribution in [3.8, 4) is 0 Å². The highest BCUT2D eigenvalue weighted by atomic mass is 19.1. The molecule has 0 spiro atoms. The Hall–Kier alpha value is -2.36. The highest BCUT2D eigenvalue weighted by molar-refractivity contribution is 5.81. The minimum absolute atomic E-state index is 0.0840. The second kappa shape index (κ2) is 9.06. The standard InChI is InChI=1S/C20H25FN2O/c1-3-15-9-7-10-16(4-2)20(15)23-14-19(24)22-13-12-17-8-5-6-11-18(17)21/h5-11,23H,3-4,12-14H2,1-2H3,(H,22,24). The van der Waals surface area contributed by atoms with Gasteiger partial charge < -0.3 is 10.6 Å².